The Morgan fingerprint density at radius 2 is 1.85 bits per heavy atom. The fourth-order valence-corrected chi connectivity index (χ4v) is 2.24. The van der Waals surface area contributed by atoms with Crippen molar-refractivity contribution in [3.63, 3.8) is 0 Å². The molecule has 0 fully saturated rings. The number of benzene rings is 2. The molecule has 144 valence electrons. The molecule has 0 unspecified atom stereocenters. The Kier molecular flexibility index (Phi) is 10.1. The first-order valence-electron chi connectivity index (χ1n) is 8.16. The Labute approximate surface area is 174 Å². The Hall–Kier alpha value is -2.41. The highest BCUT2D eigenvalue weighted by atomic mass is 127. The summed E-state index contributed by atoms with van der Waals surface area (Å²) < 4.78 is 29.5. The van der Waals surface area contributed by atoms with Crippen molar-refractivity contribution in [3.05, 3.63) is 65.2 Å². The second-order valence-electron chi connectivity index (χ2n) is 5.34. The Morgan fingerprint density at radius 1 is 1.15 bits per heavy atom. The molecule has 0 bridgehead atoms. The van der Waals surface area contributed by atoms with Crippen LogP contribution in [0, 0.1) is 11.3 Å². The van der Waals surface area contributed by atoms with Crippen LogP contribution in [-0.2, 0) is 13.1 Å². The van der Waals surface area contributed by atoms with Gasteiger partial charge in [-0.3, -0.25) is 0 Å². The van der Waals surface area contributed by atoms with Crippen molar-refractivity contribution in [2.24, 2.45) is 4.99 Å². The maximum Gasteiger partial charge on any atom is 0.387 e. The zero-order chi connectivity index (χ0) is 18.8. The van der Waals surface area contributed by atoms with E-state index >= 15 is 0 Å². The number of hydrogen-bond donors (Lipinski definition) is 2. The summed E-state index contributed by atoms with van der Waals surface area (Å²) in [5, 5.41) is 15.0. The molecular formula is C19H21F2IN4O. The van der Waals surface area contributed by atoms with Gasteiger partial charge in [-0.15, -0.1) is 24.0 Å². The van der Waals surface area contributed by atoms with Crippen LogP contribution in [0.1, 0.15) is 23.6 Å². The van der Waals surface area contributed by atoms with E-state index in [1.54, 1.807) is 30.3 Å². The number of alkyl halides is 2. The summed E-state index contributed by atoms with van der Waals surface area (Å²) in [6, 6.07) is 15.9. The molecule has 0 atom stereocenters. The predicted molar refractivity (Wildman–Crippen MR) is 111 cm³/mol. The minimum absolute atomic E-state index is 0. The normalized spacial score (nSPS) is 10.7. The Morgan fingerprint density at radius 3 is 2.48 bits per heavy atom. The zero-order valence-electron chi connectivity index (χ0n) is 14.8. The first-order chi connectivity index (χ1) is 12.6. The van der Waals surface area contributed by atoms with Crippen LogP contribution in [0.15, 0.2) is 53.5 Å². The van der Waals surface area contributed by atoms with E-state index < -0.39 is 6.61 Å². The van der Waals surface area contributed by atoms with Crippen LogP contribution >= 0.6 is 24.0 Å². The highest BCUT2D eigenvalue weighted by molar-refractivity contribution is 14.0. The largest absolute Gasteiger partial charge is 0.434 e. The number of aliphatic imine (C=N–C) groups is 1. The molecule has 2 N–H and O–H groups in total. The molecule has 0 saturated carbocycles. The molecule has 0 saturated heterocycles. The molecule has 8 heteroatoms. The molecule has 27 heavy (non-hydrogen) atoms. The highest BCUT2D eigenvalue weighted by Crippen LogP contribution is 2.19. The van der Waals surface area contributed by atoms with E-state index in [0.29, 0.717) is 36.7 Å². The van der Waals surface area contributed by atoms with Crippen LogP contribution in [0.2, 0.25) is 0 Å². The van der Waals surface area contributed by atoms with Crippen molar-refractivity contribution < 1.29 is 13.5 Å². The van der Waals surface area contributed by atoms with Gasteiger partial charge >= 0.3 is 6.61 Å². The van der Waals surface area contributed by atoms with Gasteiger partial charge in [-0.2, -0.15) is 14.0 Å². The summed E-state index contributed by atoms with van der Waals surface area (Å²) in [4.78, 5) is 4.47. The number of nitriles is 1. The lowest BCUT2D eigenvalue weighted by Gasteiger charge is -2.14. The lowest BCUT2D eigenvalue weighted by molar-refractivity contribution is -0.0504. The fraction of sp³-hybridized carbons (Fsp3) is 0.263. The molecule has 5 nitrogen and oxygen atoms in total. The van der Waals surface area contributed by atoms with Crippen molar-refractivity contribution in [2.75, 3.05) is 6.54 Å². The van der Waals surface area contributed by atoms with Crippen LogP contribution in [0.3, 0.4) is 0 Å². The van der Waals surface area contributed by atoms with Gasteiger partial charge in [-0.1, -0.05) is 30.3 Å². The van der Waals surface area contributed by atoms with Crippen molar-refractivity contribution in [1.29, 1.82) is 5.26 Å². The smallest absolute Gasteiger partial charge is 0.387 e. The van der Waals surface area contributed by atoms with E-state index in [0.717, 1.165) is 5.56 Å². The number of nitrogens with one attached hydrogen (secondary N) is 2. The van der Waals surface area contributed by atoms with E-state index in [9.17, 15) is 8.78 Å². The molecular weight excluding hydrogens is 465 g/mol. The van der Waals surface area contributed by atoms with Crippen LogP contribution < -0.4 is 15.4 Å². The average molecular weight is 486 g/mol. The summed E-state index contributed by atoms with van der Waals surface area (Å²) >= 11 is 0. The number of halogens is 3. The number of hydrogen-bond acceptors (Lipinski definition) is 3. The maximum absolute atomic E-state index is 12.5. The van der Waals surface area contributed by atoms with Gasteiger partial charge in [0.1, 0.15) is 5.75 Å². The van der Waals surface area contributed by atoms with Crippen LogP contribution in [0.25, 0.3) is 0 Å². The van der Waals surface area contributed by atoms with Crippen molar-refractivity contribution >= 4 is 29.9 Å². The van der Waals surface area contributed by atoms with Crippen LogP contribution in [0.4, 0.5) is 8.78 Å². The summed E-state index contributed by atoms with van der Waals surface area (Å²) in [5.41, 5.74) is 2.16. The third kappa shape index (κ3) is 7.78. The molecule has 0 aromatic heterocycles. The maximum atomic E-state index is 12.5. The topological polar surface area (TPSA) is 69.4 Å². The summed E-state index contributed by atoms with van der Waals surface area (Å²) in [6.07, 6.45) is 0. The molecule has 0 radical (unpaired) electrons. The molecule has 0 amide bonds. The van der Waals surface area contributed by atoms with Gasteiger partial charge in [0.25, 0.3) is 0 Å². The van der Waals surface area contributed by atoms with E-state index in [4.69, 9.17) is 5.26 Å². The molecule has 0 spiro atoms. The second kappa shape index (κ2) is 12.1. The lowest BCUT2D eigenvalue weighted by atomic mass is 10.1. The zero-order valence-corrected chi connectivity index (χ0v) is 17.1. The van der Waals surface area contributed by atoms with Gasteiger partial charge < -0.3 is 15.4 Å². The molecule has 2 aromatic carbocycles. The van der Waals surface area contributed by atoms with Crippen molar-refractivity contribution in [2.45, 2.75) is 26.6 Å². The summed E-state index contributed by atoms with van der Waals surface area (Å²) in [6.45, 7) is 0.453. The second-order valence-corrected chi connectivity index (χ2v) is 5.34. The molecule has 0 heterocycles. The third-order valence-electron chi connectivity index (χ3n) is 3.48. The molecule has 2 rings (SSSR count). The number of ether oxygens (including phenoxy) is 1. The van der Waals surface area contributed by atoms with Crippen molar-refractivity contribution in [1.82, 2.24) is 10.6 Å². The summed E-state index contributed by atoms with van der Waals surface area (Å²) in [7, 11) is 0. The minimum atomic E-state index is -2.87. The Balaban J connectivity index is 0.00000364. The first-order valence-corrected chi connectivity index (χ1v) is 8.16. The minimum Gasteiger partial charge on any atom is -0.434 e. The third-order valence-corrected chi connectivity index (χ3v) is 3.48. The van der Waals surface area contributed by atoms with Gasteiger partial charge in [-0.05, 0) is 30.7 Å². The lowest BCUT2D eigenvalue weighted by Crippen LogP contribution is -2.36. The Bertz CT molecular complexity index is 776. The van der Waals surface area contributed by atoms with E-state index in [1.165, 1.54) is 6.07 Å². The van der Waals surface area contributed by atoms with Crippen LogP contribution in [0.5, 0.6) is 5.75 Å². The number of para-hydroxylation sites is 1. The monoisotopic (exact) mass is 486 g/mol. The van der Waals surface area contributed by atoms with Gasteiger partial charge in [0.15, 0.2) is 5.96 Å². The average Bonchev–Trinajstić information content (AvgIpc) is 2.65. The predicted octanol–water partition coefficient (Wildman–Crippen LogP) is 4.03. The van der Waals surface area contributed by atoms with Gasteiger partial charge in [-0.25, -0.2) is 4.99 Å². The van der Waals surface area contributed by atoms with Gasteiger partial charge in [0, 0.05) is 18.7 Å². The number of guanidine groups is 1. The summed E-state index contributed by atoms with van der Waals surface area (Å²) in [5.74, 6) is 0.696. The van der Waals surface area contributed by atoms with Gasteiger partial charge in [0.05, 0.1) is 18.2 Å². The van der Waals surface area contributed by atoms with E-state index in [1.807, 2.05) is 19.1 Å². The molecule has 0 aliphatic carbocycles. The molecule has 0 aliphatic rings. The van der Waals surface area contributed by atoms with E-state index in [2.05, 4.69) is 26.4 Å². The molecule has 0 aliphatic heterocycles. The molecule has 2 aromatic rings. The van der Waals surface area contributed by atoms with Gasteiger partial charge in [0.2, 0.25) is 0 Å². The number of rotatable bonds is 7. The quantitative estimate of drug-likeness (QED) is 0.352. The highest BCUT2D eigenvalue weighted by Gasteiger charge is 2.09. The standard InChI is InChI=1S/C19H20F2N4O.HI/c1-2-23-19(24-12-15-9-7-14(11-22)8-10-15)25-13-16-5-3-4-6-17(16)26-18(20)21;/h3-10,18H,2,12-13H2,1H3,(H2,23,24,25);1H. The van der Waals surface area contributed by atoms with E-state index in [-0.39, 0.29) is 29.7 Å². The first kappa shape index (κ1) is 22.6. The van der Waals surface area contributed by atoms with Crippen molar-refractivity contribution in [3.8, 4) is 11.8 Å². The fourth-order valence-electron chi connectivity index (χ4n) is 2.24. The number of nitrogens with zero attached hydrogens (tertiary/aromatic N) is 2. The van der Waals surface area contributed by atoms with Crippen LogP contribution in [-0.4, -0.2) is 19.1 Å². The SMILES string of the molecule is CCNC(=NCc1ccc(C#N)cc1)NCc1ccccc1OC(F)F.I.